The summed E-state index contributed by atoms with van der Waals surface area (Å²) < 4.78 is 39.4. The van der Waals surface area contributed by atoms with Crippen molar-refractivity contribution in [2.45, 2.75) is 38.3 Å². The molecular formula is C13H18ClF3N4O2. The molecule has 0 saturated heterocycles. The second kappa shape index (κ2) is 7.80. The van der Waals surface area contributed by atoms with Gasteiger partial charge in [-0.2, -0.15) is 17.9 Å². The van der Waals surface area contributed by atoms with Crippen LogP contribution in [0.15, 0.2) is 23.0 Å². The van der Waals surface area contributed by atoms with E-state index < -0.39 is 24.5 Å². The zero-order valence-electron chi connectivity index (χ0n) is 12.5. The number of rotatable bonds is 8. The fraction of sp³-hybridized carbons (Fsp3) is 0.538. The number of nitrogens with one attached hydrogen (secondary N) is 1. The standard InChI is InChI=1S/C13H18ClF3N4O2/c1-8(4-5-9(2)14)11-19-21(7-18-3)12(23)20(11)6-10(22)13(15,16)17/h10,18,22H,1-2,4-7H2,3H3. The number of hydrogen-bond acceptors (Lipinski definition) is 4. The molecule has 23 heavy (non-hydrogen) atoms. The Kier molecular flexibility index (Phi) is 6.60. The maximum Gasteiger partial charge on any atom is 0.416 e. The third-order valence-corrected chi connectivity index (χ3v) is 3.17. The second-order valence-electron chi connectivity index (χ2n) is 4.91. The quantitative estimate of drug-likeness (QED) is 0.745. The molecule has 1 unspecified atom stereocenters. The van der Waals surface area contributed by atoms with E-state index in [1.165, 1.54) is 0 Å². The maximum atomic E-state index is 12.6. The summed E-state index contributed by atoms with van der Waals surface area (Å²) >= 11 is 5.65. The van der Waals surface area contributed by atoms with Crippen LogP contribution in [0, 0.1) is 0 Å². The topological polar surface area (TPSA) is 72.1 Å². The van der Waals surface area contributed by atoms with Crippen molar-refractivity contribution in [3.05, 3.63) is 34.5 Å². The van der Waals surface area contributed by atoms with Gasteiger partial charge in [0.05, 0.1) is 13.2 Å². The number of halogens is 4. The highest BCUT2D eigenvalue weighted by Gasteiger charge is 2.39. The Labute approximate surface area is 135 Å². The Morgan fingerprint density at radius 3 is 2.52 bits per heavy atom. The summed E-state index contributed by atoms with van der Waals surface area (Å²) in [5, 5.41) is 16.2. The van der Waals surface area contributed by atoms with E-state index in [-0.39, 0.29) is 18.9 Å². The molecule has 0 aliphatic rings. The van der Waals surface area contributed by atoms with Crippen molar-refractivity contribution in [1.82, 2.24) is 19.7 Å². The van der Waals surface area contributed by atoms with Gasteiger partial charge >= 0.3 is 11.9 Å². The van der Waals surface area contributed by atoms with Crippen LogP contribution in [0.2, 0.25) is 0 Å². The van der Waals surface area contributed by atoms with Gasteiger partial charge in [0.15, 0.2) is 11.9 Å². The van der Waals surface area contributed by atoms with Crippen LogP contribution in [0.1, 0.15) is 18.7 Å². The van der Waals surface area contributed by atoms with E-state index >= 15 is 0 Å². The number of allylic oxidation sites excluding steroid dienone is 2. The Hall–Kier alpha value is -1.58. The van der Waals surface area contributed by atoms with Crippen molar-refractivity contribution in [2.75, 3.05) is 7.05 Å². The first-order valence-electron chi connectivity index (χ1n) is 6.66. The lowest BCUT2D eigenvalue weighted by molar-refractivity contribution is -0.207. The number of hydrogen-bond donors (Lipinski definition) is 2. The summed E-state index contributed by atoms with van der Waals surface area (Å²) in [4.78, 5) is 12.1. The summed E-state index contributed by atoms with van der Waals surface area (Å²) in [6, 6.07) is 0. The normalized spacial score (nSPS) is 13.1. The maximum absolute atomic E-state index is 12.6. The fourth-order valence-electron chi connectivity index (χ4n) is 1.79. The lowest BCUT2D eigenvalue weighted by atomic mass is 10.1. The van der Waals surface area contributed by atoms with E-state index in [4.69, 9.17) is 11.6 Å². The van der Waals surface area contributed by atoms with Crippen molar-refractivity contribution < 1.29 is 18.3 Å². The molecule has 1 aromatic heterocycles. The van der Waals surface area contributed by atoms with Gasteiger partial charge in [-0.05, 0) is 25.5 Å². The zero-order chi connectivity index (χ0) is 17.8. The fourth-order valence-corrected chi connectivity index (χ4v) is 1.89. The molecule has 0 spiro atoms. The van der Waals surface area contributed by atoms with E-state index in [1.807, 2.05) is 0 Å². The summed E-state index contributed by atoms with van der Waals surface area (Å²) in [6.45, 7) is 6.28. The number of nitrogens with zero attached hydrogens (tertiary/aromatic N) is 3. The van der Waals surface area contributed by atoms with Crippen LogP contribution in [-0.4, -0.2) is 38.8 Å². The lowest BCUT2D eigenvalue weighted by Gasteiger charge is -2.15. The van der Waals surface area contributed by atoms with Gasteiger partial charge in [-0.1, -0.05) is 24.8 Å². The van der Waals surface area contributed by atoms with Crippen LogP contribution >= 0.6 is 11.6 Å². The molecular weight excluding hydrogens is 337 g/mol. The van der Waals surface area contributed by atoms with Gasteiger partial charge in [0.1, 0.15) is 0 Å². The van der Waals surface area contributed by atoms with Crippen LogP contribution in [0.5, 0.6) is 0 Å². The van der Waals surface area contributed by atoms with Crippen molar-refractivity contribution in [2.24, 2.45) is 0 Å². The van der Waals surface area contributed by atoms with Gasteiger partial charge in [-0.25, -0.2) is 4.79 Å². The van der Waals surface area contributed by atoms with Crippen LogP contribution in [-0.2, 0) is 13.2 Å². The SMILES string of the molecule is C=C(Cl)CCC(=C)c1nn(CNC)c(=O)n1CC(O)C(F)(F)F. The summed E-state index contributed by atoms with van der Waals surface area (Å²) in [5.74, 6) is -0.0218. The molecule has 0 bridgehead atoms. The minimum absolute atomic E-state index is 0.0104. The molecule has 0 saturated carbocycles. The first kappa shape index (κ1) is 19.5. The predicted octanol–water partition coefficient (Wildman–Crippen LogP) is 1.69. The van der Waals surface area contributed by atoms with Crippen LogP contribution in [0.4, 0.5) is 13.2 Å². The summed E-state index contributed by atoms with van der Waals surface area (Å²) in [6.07, 6.45) is -6.90. The van der Waals surface area contributed by atoms with Crippen molar-refractivity contribution in [3.63, 3.8) is 0 Å². The van der Waals surface area contributed by atoms with Gasteiger partial charge in [0, 0.05) is 5.03 Å². The number of aliphatic hydroxyl groups excluding tert-OH is 1. The Bertz CT molecular complexity index is 636. The molecule has 2 N–H and O–H groups in total. The van der Waals surface area contributed by atoms with Gasteiger partial charge in [-0.15, -0.1) is 5.10 Å². The Morgan fingerprint density at radius 2 is 2.04 bits per heavy atom. The van der Waals surface area contributed by atoms with E-state index in [9.17, 15) is 23.1 Å². The molecule has 0 fully saturated rings. The van der Waals surface area contributed by atoms with E-state index in [2.05, 4.69) is 23.6 Å². The van der Waals surface area contributed by atoms with Gasteiger partial charge in [-0.3, -0.25) is 4.57 Å². The minimum Gasteiger partial charge on any atom is -0.382 e. The molecule has 1 aromatic rings. The summed E-state index contributed by atoms with van der Waals surface area (Å²) in [7, 11) is 1.56. The zero-order valence-corrected chi connectivity index (χ0v) is 13.3. The highest BCUT2D eigenvalue weighted by atomic mass is 35.5. The van der Waals surface area contributed by atoms with Crippen LogP contribution < -0.4 is 11.0 Å². The lowest BCUT2D eigenvalue weighted by Crippen LogP contribution is -2.38. The third-order valence-electron chi connectivity index (χ3n) is 2.98. The number of alkyl halides is 3. The monoisotopic (exact) mass is 354 g/mol. The third kappa shape index (κ3) is 5.22. The van der Waals surface area contributed by atoms with E-state index in [1.54, 1.807) is 7.05 Å². The van der Waals surface area contributed by atoms with E-state index in [0.29, 0.717) is 17.0 Å². The molecule has 1 atom stereocenters. The minimum atomic E-state index is -4.84. The molecule has 10 heteroatoms. The molecule has 0 aliphatic heterocycles. The molecule has 6 nitrogen and oxygen atoms in total. The van der Waals surface area contributed by atoms with Crippen molar-refractivity contribution >= 4 is 17.2 Å². The highest BCUT2D eigenvalue weighted by Crippen LogP contribution is 2.23. The summed E-state index contributed by atoms with van der Waals surface area (Å²) in [5.41, 5.74) is -0.448. The highest BCUT2D eigenvalue weighted by molar-refractivity contribution is 6.29. The molecule has 0 aliphatic carbocycles. The molecule has 1 heterocycles. The molecule has 0 amide bonds. The van der Waals surface area contributed by atoms with Gasteiger partial charge in [0.2, 0.25) is 0 Å². The first-order chi connectivity index (χ1) is 10.6. The average Bonchev–Trinajstić information content (AvgIpc) is 2.73. The predicted molar refractivity (Wildman–Crippen MR) is 80.9 cm³/mol. The molecule has 0 aromatic carbocycles. The Morgan fingerprint density at radius 1 is 1.43 bits per heavy atom. The second-order valence-corrected chi connectivity index (χ2v) is 5.44. The van der Waals surface area contributed by atoms with Crippen molar-refractivity contribution in [1.29, 1.82) is 0 Å². The molecule has 1 rings (SSSR count). The van der Waals surface area contributed by atoms with Crippen LogP contribution in [0.25, 0.3) is 5.57 Å². The first-order valence-corrected chi connectivity index (χ1v) is 7.04. The average molecular weight is 355 g/mol. The number of aromatic nitrogens is 3. The van der Waals surface area contributed by atoms with Crippen LogP contribution in [0.3, 0.4) is 0 Å². The largest absolute Gasteiger partial charge is 0.416 e. The van der Waals surface area contributed by atoms with Gasteiger partial charge < -0.3 is 10.4 Å². The smallest absolute Gasteiger partial charge is 0.382 e. The Balaban J connectivity index is 3.17. The van der Waals surface area contributed by atoms with Crippen molar-refractivity contribution in [3.8, 4) is 0 Å². The van der Waals surface area contributed by atoms with E-state index in [0.717, 1.165) is 9.25 Å². The number of aliphatic hydroxyl groups is 1. The molecule has 0 radical (unpaired) electrons. The molecule has 130 valence electrons. The van der Waals surface area contributed by atoms with Gasteiger partial charge in [0.25, 0.3) is 0 Å².